The van der Waals surface area contributed by atoms with E-state index in [1.807, 2.05) is 28.8 Å². The third-order valence-corrected chi connectivity index (χ3v) is 5.50. The van der Waals surface area contributed by atoms with E-state index in [4.69, 9.17) is 11.6 Å². The van der Waals surface area contributed by atoms with Gasteiger partial charge in [-0.15, -0.1) is 0 Å². The number of hydrogen-bond donors (Lipinski definition) is 2. The lowest BCUT2D eigenvalue weighted by atomic mass is 10.1. The van der Waals surface area contributed by atoms with Gasteiger partial charge in [0.1, 0.15) is 0 Å². The van der Waals surface area contributed by atoms with Gasteiger partial charge in [0.25, 0.3) is 5.91 Å². The number of para-hydroxylation sites is 1. The van der Waals surface area contributed by atoms with E-state index in [0.29, 0.717) is 22.0 Å². The van der Waals surface area contributed by atoms with Crippen molar-refractivity contribution in [1.29, 1.82) is 0 Å². The maximum Gasteiger partial charge on any atom is 0.257 e. The van der Waals surface area contributed by atoms with Crippen LogP contribution in [0.1, 0.15) is 10.4 Å². The molecule has 2 aromatic heterocycles. The molecule has 2 aromatic carbocycles. The van der Waals surface area contributed by atoms with Gasteiger partial charge in [-0.05, 0) is 48.5 Å². The Labute approximate surface area is 182 Å². The van der Waals surface area contributed by atoms with Gasteiger partial charge in [0, 0.05) is 16.9 Å². The fourth-order valence-corrected chi connectivity index (χ4v) is 3.76. The van der Waals surface area contributed by atoms with Crippen molar-refractivity contribution in [3.63, 3.8) is 0 Å². The Bertz CT molecular complexity index is 1210. The standard InChI is InChI=1S/C22H17ClN4O2S/c23-15-8-10-16(11-9-15)25-21(29)18-6-1-2-7-19(18)26-20(28)14-30-22-24-13-17-5-3-4-12-27(17)22/h1-13H,14H2,(H,25,29)(H,26,28). The van der Waals surface area contributed by atoms with Gasteiger partial charge < -0.3 is 10.6 Å². The Kier molecular flexibility index (Phi) is 6.02. The number of carbonyl (C=O) groups is 2. The Hall–Kier alpha value is -3.29. The summed E-state index contributed by atoms with van der Waals surface area (Å²) in [6.07, 6.45) is 3.66. The van der Waals surface area contributed by atoms with Gasteiger partial charge >= 0.3 is 0 Å². The minimum absolute atomic E-state index is 0.168. The lowest BCUT2D eigenvalue weighted by molar-refractivity contribution is -0.113. The highest BCUT2D eigenvalue weighted by Crippen LogP contribution is 2.21. The van der Waals surface area contributed by atoms with E-state index in [2.05, 4.69) is 15.6 Å². The molecule has 0 bridgehead atoms. The minimum atomic E-state index is -0.319. The summed E-state index contributed by atoms with van der Waals surface area (Å²) in [5.74, 6) is -0.374. The number of amides is 2. The zero-order valence-corrected chi connectivity index (χ0v) is 17.3. The van der Waals surface area contributed by atoms with Crippen LogP contribution in [0, 0.1) is 0 Å². The predicted molar refractivity (Wildman–Crippen MR) is 120 cm³/mol. The molecular formula is C22H17ClN4O2S. The molecule has 2 N–H and O–H groups in total. The number of aromatic nitrogens is 2. The molecule has 30 heavy (non-hydrogen) atoms. The van der Waals surface area contributed by atoms with Crippen molar-refractivity contribution in [2.45, 2.75) is 5.16 Å². The SMILES string of the molecule is O=C(CSc1ncc2ccccn12)Nc1ccccc1C(=O)Nc1ccc(Cl)cc1. The number of halogens is 1. The number of pyridine rings is 1. The number of carbonyl (C=O) groups excluding carboxylic acids is 2. The molecule has 8 heteroatoms. The van der Waals surface area contributed by atoms with Gasteiger partial charge in [-0.3, -0.25) is 14.0 Å². The summed E-state index contributed by atoms with van der Waals surface area (Å²) >= 11 is 7.21. The molecule has 0 saturated heterocycles. The summed E-state index contributed by atoms with van der Waals surface area (Å²) in [7, 11) is 0. The lowest BCUT2D eigenvalue weighted by Gasteiger charge is -2.11. The van der Waals surface area contributed by atoms with Crippen molar-refractivity contribution in [2.24, 2.45) is 0 Å². The fraction of sp³-hybridized carbons (Fsp3) is 0.0455. The van der Waals surface area contributed by atoms with Crippen molar-refractivity contribution in [1.82, 2.24) is 9.38 Å². The van der Waals surface area contributed by atoms with E-state index >= 15 is 0 Å². The van der Waals surface area contributed by atoms with Crippen LogP contribution in [0.3, 0.4) is 0 Å². The molecule has 4 aromatic rings. The van der Waals surface area contributed by atoms with Crippen LogP contribution in [-0.2, 0) is 4.79 Å². The second-order valence-electron chi connectivity index (χ2n) is 6.38. The molecule has 0 aliphatic heterocycles. The summed E-state index contributed by atoms with van der Waals surface area (Å²) in [4.78, 5) is 29.5. The molecule has 0 aliphatic carbocycles. The zero-order valence-electron chi connectivity index (χ0n) is 15.7. The molecule has 150 valence electrons. The fourth-order valence-electron chi connectivity index (χ4n) is 2.86. The van der Waals surface area contributed by atoms with Crippen molar-refractivity contribution in [3.05, 3.63) is 89.7 Å². The van der Waals surface area contributed by atoms with Crippen LogP contribution in [0.2, 0.25) is 5.02 Å². The van der Waals surface area contributed by atoms with Crippen LogP contribution in [0.25, 0.3) is 5.52 Å². The Morgan fingerprint density at radius 3 is 2.57 bits per heavy atom. The van der Waals surface area contributed by atoms with Crippen LogP contribution in [0.15, 0.2) is 84.3 Å². The minimum Gasteiger partial charge on any atom is -0.325 e. The lowest BCUT2D eigenvalue weighted by Crippen LogP contribution is -2.19. The van der Waals surface area contributed by atoms with Gasteiger partial charge in [0.15, 0.2) is 5.16 Å². The number of imidazole rings is 1. The predicted octanol–water partition coefficient (Wildman–Crippen LogP) is 4.97. The highest BCUT2D eigenvalue weighted by Gasteiger charge is 2.14. The van der Waals surface area contributed by atoms with Gasteiger partial charge in [0.2, 0.25) is 5.91 Å². The number of nitrogens with one attached hydrogen (secondary N) is 2. The normalized spacial score (nSPS) is 10.7. The average Bonchev–Trinajstić information content (AvgIpc) is 3.17. The highest BCUT2D eigenvalue weighted by molar-refractivity contribution is 7.99. The van der Waals surface area contributed by atoms with Crippen LogP contribution in [0.5, 0.6) is 0 Å². The number of rotatable bonds is 6. The number of thioether (sulfide) groups is 1. The Morgan fingerprint density at radius 1 is 0.967 bits per heavy atom. The second kappa shape index (κ2) is 9.02. The number of hydrogen-bond acceptors (Lipinski definition) is 4. The molecule has 0 atom stereocenters. The van der Waals surface area contributed by atoms with Crippen LogP contribution in [-0.4, -0.2) is 27.0 Å². The molecule has 6 nitrogen and oxygen atoms in total. The van der Waals surface area contributed by atoms with Crippen LogP contribution < -0.4 is 10.6 Å². The first-order valence-corrected chi connectivity index (χ1v) is 10.5. The molecule has 2 amide bonds. The van der Waals surface area contributed by atoms with Gasteiger partial charge in [0.05, 0.1) is 28.7 Å². The molecule has 2 heterocycles. The van der Waals surface area contributed by atoms with Crippen molar-refractivity contribution < 1.29 is 9.59 Å². The first kappa shape index (κ1) is 20.0. The maximum atomic E-state index is 12.7. The summed E-state index contributed by atoms with van der Waals surface area (Å²) in [6, 6.07) is 19.5. The largest absolute Gasteiger partial charge is 0.325 e. The van der Waals surface area contributed by atoms with E-state index in [1.54, 1.807) is 54.7 Å². The molecule has 0 fully saturated rings. The zero-order chi connectivity index (χ0) is 20.9. The molecule has 0 saturated carbocycles. The molecule has 0 radical (unpaired) electrons. The Balaban J connectivity index is 1.42. The topological polar surface area (TPSA) is 75.5 Å². The molecular weight excluding hydrogens is 420 g/mol. The smallest absolute Gasteiger partial charge is 0.257 e. The van der Waals surface area contributed by atoms with E-state index in [1.165, 1.54) is 11.8 Å². The number of nitrogens with zero attached hydrogens (tertiary/aromatic N) is 2. The summed E-state index contributed by atoms with van der Waals surface area (Å²) < 4.78 is 1.92. The van der Waals surface area contributed by atoms with Crippen molar-refractivity contribution in [2.75, 3.05) is 16.4 Å². The van der Waals surface area contributed by atoms with Crippen molar-refractivity contribution >= 4 is 52.1 Å². The summed E-state index contributed by atoms with van der Waals surface area (Å²) in [5.41, 5.74) is 2.40. The van der Waals surface area contributed by atoms with Gasteiger partial charge in [-0.25, -0.2) is 4.98 Å². The first-order chi connectivity index (χ1) is 14.6. The van der Waals surface area contributed by atoms with Crippen LogP contribution in [0.4, 0.5) is 11.4 Å². The van der Waals surface area contributed by atoms with Gasteiger partial charge in [-0.1, -0.05) is 41.6 Å². The molecule has 0 spiro atoms. The molecule has 0 aliphatic rings. The maximum absolute atomic E-state index is 12.7. The number of fused-ring (bicyclic) bond motifs is 1. The third-order valence-electron chi connectivity index (χ3n) is 4.28. The third kappa shape index (κ3) is 4.64. The van der Waals surface area contributed by atoms with E-state index in [-0.39, 0.29) is 17.6 Å². The van der Waals surface area contributed by atoms with Crippen molar-refractivity contribution in [3.8, 4) is 0 Å². The van der Waals surface area contributed by atoms with Gasteiger partial charge in [-0.2, -0.15) is 0 Å². The Morgan fingerprint density at radius 2 is 1.73 bits per heavy atom. The first-order valence-electron chi connectivity index (χ1n) is 9.11. The molecule has 0 unspecified atom stereocenters. The van der Waals surface area contributed by atoms with Crippen LogP contribution >= 0.6 is 23.4 Å². The number of anilines is 2. The van der Waals surface area contributed by atoms with E-state index in [0.717, 1.165) is 10.7 Å². The quantitative estimate of drug-likeness (QED) is 0.418. The second-order valence-corrected chi connectivity index (χ2v) is 7.76. The van der Waals surface area contributed by atoms with E-state index < -0.39 is 0 Å². The average molecular weight is 437 g/mol. The number of benzene rings is 2. The summed E-state index contributed by atoms with van der Waals surface area (Å²) in [6.45, 7) is 0. The highest BCUT2D eigenvalue weighted by atomic mass is 35.5. The summed E-state index contributed by atoms with van der Waals surface area (Å²) in [5, 5.41) is 6.94. The molecule has 4 rings (SSSR count). The monoisotopic (exact) mass is 436 g/mol. The van der Waals surface area contributed by atoms with E-state index in [9.17, 15) is 9.59 Å².